The van der Waals surface area contributed by atoms with E-state index in [1.807, 2.05) is 0 Å². The summed E-state index contributed by atoms with van der Waals surface area (Å²) in [7, 11) is 2.15. The van der Waals surface area contributed by atoms with Crippen molar-refractivity contribution in [3.63, 3.8) is 0 Å². The van der Waals surface area contributed by atoms with E-state index in [0.717, 1.165) is 19.6 Å². The van der Waals surface area contributed by atoms with Crippen LogP contribution in [0.3, 0.4) is 0 Å². The van der Waals surface area contributed by atoms with E-state index in [1.165, 1.54) is 19.5 Å². The van der Waals surface area contributed by atoms with Gasteiger partial charge >= 0.3 is 0 Å². The molecule has 1 rings (SSSR count). The van der Waals surface area contributed by atoms with Gasteiger partial charge in [-0.1, -0.05) is 6.92 Å². The third-order valence-electron chi connectivity index (χ3n) is 2.38. The van der Waals surface area contributed by atoms with E-state index >= 15 is 0 Å². The van der Waals surface area contributed by atoms with Crippen LogP contribution in [0.4, 0.5) is 0 Å². The van der Waals surface area contributed by atoms with Gasteiger partial charge in [0.05, 0.1) is 0 Å². The van der Waals surface area contributed by atoms with Crippen molar-refractivity contribution in [1.82, 2.24) is 9.80 Å². The van der Waals surface area contributed by atoms with Crippen molar-refractivity contribution in [2.24, 2.45) is 5.73 Å². The van der Waals surface area contributed by atoms with Crippen LogP contribution in [0.1, 0.15) is 13.3 Å². The number of hydrogen-bond donors (Lipinski definition) is 1. The van der Waals surface area contributed by atoms with Crippen molar-refractivity contribution < 1.29 is 0 Å². The van der Waals surface area contributed by atoms with Crippen LogP contribution in [0, 0.1) is 0 Å². The van der Waals surface area contributed by atoms with Crippen LogP contribution >= 0.6 is 0 Å². The summed E-state index contributed by atoms with van der Waals surface area (Å²) in [4.78, 5) is 4.79. The molecule has 0 spiro atoms. The molecule has 0 aromatic rings. The van der Waals surface area contributed by atoms with E-state index in [-0.39, 0.29) is 0 Å². The molecule has 1 aliphatic heterocycles. The third kappa shape index (κ3) is 3.09. The topological polar surface area (TPSA) is 32.5 Å². The van der Waals surface area contributed by atoms with Crippen LogP contribution in [-0.4, -0.2) is 55.6 Å². The summed E-state index contributed by atoms with van der Waals surface area (Å²) < 4.78 is 0. The fourth-order valence-electron chi connectivity index (χ4n) is 1.80. The zero-order valence-corrected chi connectivity index (χ0v) is 8.29. The second-order valence-corrected chi connectivity index (χ2v) is 3.82. The Morgan fingerprint density at radius 1 is 1.33 bits per heavy atom. The lowest BCUT2D eigenvalue weighted by Gasteiger charge is -2.20. The van der Waals surface area contributed by atoms with Crippen LogP contribution in [-0.2, 0) is 0 Å². The highest BCUT2D eigenvalue weighted by Crippen LogP contribution is 2.00. The molecular formula is C9H21N3. The van der Waals surface area contributed by atoms with Gasteiger partial charge < -0.3 is 15.5 Å². The molecule has 0 radical (unpaired) electrons. The van der Waals surface area contributed by atoms with Gasteiger partial charge in [-0.3, -0.25) is 0 Å². The third-order valence-corrected chi connectivity index (χ3v) is 2.38. The molecule has 1 unspecified atom stereocenters. The van der Waals surface area contributed by atoms with Crippen LogP contribution in [0.2, 0.25) is 0 Å². The summed E-state index contributed by atoms with van der Waals surface area (Å²) in [5.41, 5.74) is 5.96. The van der Waals surface area contributed by atoms with Gasteiger partial charge in [-0.15, -0.1) is 0 Å². The molecule has 0 amide bonds. The molecule has 2 N–H and O–H groups in total. The van der Waals surface area contributed by atoms with Crippen molar-refractivity contribution in [1.29, 1.82) is 0 Å². The molecule has 1 saturated heterocycles. The van der Waals surface area contributed by atoms with Gasteiger partial charge in [0.25, 0.3) is 0 Å². The minimum atomic E-state index is 0.337. The molecule has 0 aromatic carbocycles. The molecule has 0 aromatic heterocycles. The van der Waals surface area contributed by atoms with E-state index in [2.05, 4.69) is 23.8 Å². The van der Waals surface area contributed by atoms with E-state index in [1.54, 1.807) is 0 Å². The fourth-order valence-corrected chi connectivity index (χ4v) is 1.80. The smallest absolute Gasteiger partial charge is 0.0297 e. The van der Waals surface area contributed by atoms with Crippen LogP contribution in [0.25, 0.3) is 0 Å². The van der Waals surface area contributed by atoms with Crippen LogP contribution in [0.5, 0.6) is 0 Å². The molecule has 0 saturated carbocycles. The monoisotopic (exact) mass is 171 g/mol. The van der Waals surface area contributed by atoms with Gasteiger partial charge in [0, 0.05) is 32.2 Å². The van der Waals surface area contributed by atoms with E-state index in [0.29, 0.717) is 6.04 Å². The molecular weight excluding hydrogens is 150 g/mol. The van der Waals surface area contributed by atoms with Gasteiger partial charge in [0.15, 0.2) is 0 Å². The minimum absolute atomic E-state index is 0.337. The molecule has 0 bridgehead atoms. The Hall–Kier alpha value is -0.120. The molecule has 0 aliphatic carbocycles. The lowest BCUT2D eigenvalue weighted by Crippen LogP contribution is -2.39. The van der Waals surface area contributed by atoms with Crippen molar-refractivity contribution >= 4 is 0 Å². The average molecular weight is 171 g/mol. The highest BCUT2D eigenvalue weighted by Gasteiger charge is 2.16. The van der Waals surface area contributed by atoms with Gasteiger partial charge in [0.2, 0.25) is 0 Å². The van der Waals surface area contributed by atoms with E-state index in [9.17, 15) is 0 Å². The van der Waals surface area contributed by atoms with Gasteiger partial charge in [0.1, 0.15) is 0 Å². The molecule has 1 fully saturated rings. The Morgan fingerprint density at radius 3 is 2.75 bits per heavy atom. The van der Waals surface area contributed by atoms with E-state index in [4.69, 9.17) is 5.73 Å². The number of nitrogens with zero attached hydrogens (tertiary/aromatic N) is 2. The lowest BCUT2D eigenvalue weighted by atomic mass is 10.3. The average Bonchev–Trinajstić information content (AvgIpc) is 2.13. The fraction of sp³-hybridized carbons (Fsp3) is 1.00. The largest absolute Gasteiger partial charge is 0.325 e. The number of nitrogens with two attached hydrogens (primary N) is 1. The Kier molecular flexibility index (Phi) is 3.98. The number of hydrogen-bond acceptors (Lipinski definition) is 3. The molecule has 12 heavy (non-hydrogen) atoms. The molecule has 3 heteroatoms. The van der Waals surface area contributed by atoms with E-state index < -0.39 is 0 Å². The van der Waals surface area contributed by atoms with Crippen LogP contribution in [0.15, 0.2) is 0 Å². The van der Waals surface area contributed by atoms with Crippen molar-refractivity contribution in [2.45, 2.75) is 19.4 Å². The summed E-state index contributed by atoms with van der Waals surface area (Å²) in [6.07, 6.45) is 1.23. The SMILES string of the molecule is CCCN1CCN(C)CC(N)C1. The van der Waals surface area contributed by atoms with Crippen molar-refractivity contribution in [2.75, 3.05) is 39.8 Å². The maximum atomic E-state index is 5.96. The summed E-state index contributed by atoms with van der Waals surface area (Å²) in [5.74, 6) is 0. The molecule has 1 heterocycles. The van der Waals surface area contributed by atoms with Crippen molar-refractivity contribution in [3.8, 4) is 0 Å². The minimum Gasteiger partial charge on any atom is -0.325 e. The highest BCUT2D eigenvalue weighted by atomic mass is 15.2. The quantitative estimate of drug-likeness (QED) is 0.633. The van der Waals surface area contributed by atoms with Gasteiger partial charge in [-0.2, -0.15) is 0 Å². The van der Waals surface area contributed by atoms with Crippen LogP contribution < -0.4 is 5.73 Å². The highest BCUT2D eigenvalue weighted by molar-refractivity contribution is 4.76. The zero-order chi connectivity index (χ0) is 8.97. The summed E-state index contributed by atoms with van der Waals surface area (Å²) in [6, 6.07) is 0.337. The summed E-state index contributed by atoms with van der Waals surface area (Å²) in [6.45, 7) is 7.87. The Balaban J connectivity index is 2.35. The molecule has 1 aliphatic rings. The maximum absolute atomic E-state index is 5.96. The zero-order valence-electron chi connectivity index (χ0n) is 8.29. The second kappa shape index (κ2) is 4.80. The molecule has 72 valence electrons. The standard InChI is InChI=1S/C9H21N3/c1-3-4-12-6-5-11(2)7-9(10)8-12/h9H,3-8,10H2,1-2H3. The van der Waals surface area contributed by atoms with Gasteiger partial charge in [-0.05, 0) is 20.0 Å². The second-order valence-electron chi connectivity index (χ2n) is 3.82. The lowest BCUT2D eigenvalue weighted by molar-refractivity contribution is 0.273. The molecule has 1 atom stereocenters. The molecule has 3 nitrogen and oxygen atoms in total. The first-order valence-electron chi connectivity index (χ1n) is 4.89. The number of likely N-dealkylation sites (N-methyl/N-ethyl adjacent to an activating group) is 1. The first kappa shape index (κ1) is 9.96. The Labute approximate surface area is 75.5 Å². The predicted octanol–water partition coefficient (Wildman–Crippen LogP) is -0.0289. The maximum Gasteiger partial charge on any atom is 0.0297 e. The number of rotatable bonds is 2. The van der Waals surface area contributed by atoms with Crippen molar-refractivity contribution in [3.05, 3.63) is 0 Å². The summed E-state index contributed by atoms with van der Waals surface area (Å²) in [5, 5.41) is 0. The Morgan fingerprint density at radius 2 is 2.08 bits per heavy atom. The van der Waals surface area contributed by atoms with Gasteiger partial charge in [-0.25, -0.2) is 0 Å². The first-order valence-corrected chi connectivity index (χ1v) is 4.89. The predicted molar refractivity (Wildman–Crippen MR) is 52.2 cm³/mol. The Bertz CT molecular complexity index is 127. The normalized spacial score (nSPS) is 28.8. The summed E-state index contributed by atoms with van der Waals surface area (Å²) >= 11 is 0. The first-order chi connectivity index (χ1) is 5.72.